The van der Waals surface area contributed by atoms with E-state index in [-0.39, 0.29) is 6.04 Å². The maximum absolute atomic E-state index is 3.41. The number of aromatic nitrogens is 2. The van der Waals surface area contributed by atoms with Crippen molar-refractivity contribution < 1.29 is 0 Å². The fourth-order valence-electron chi connectivity index (χ4n) is 8.79. The molecule has 0 fully saturated rings. The first-order valence-corrected chi connectivity index (χ1v) is 20.3. The second-order valence-corrected chi connectivity index (χ2v) is 14.4. The van der Waals surface area contributed by atoms with Gasteiger partial charge in [0.2, 0.25) is 0 Å². The van der Waals surface area contributed by atoms with Gasteiger partial charge in [-0.05, 0) is 103 Å². The molecule has 0 saturated heterocycles. The van der Waals surface area contributed by atoms with Crippen LogP contribution in [0.2, 0.25) is 0 Å². The molecule has 0 aliphatic heterocycles. The van der Waals surface area contributed by atoms with Crippen LogP contribution in [0.15, 0.2) is 158 Å². The van der Waals surface area contributed by atoms with Gasteiger partial charge in [0.15, 0.2) is 0 Å². The van der Waals surface area contributed by atoms with Crippen LogP contribution < -0.4 is 10.2 Å². The molecule has 0 radical (unpaired) electrons. The van der Waals surface area contributed by atoms with Crippen LogP contribution in [0.25, 0.3) is 55.2 Å². The Bertz CT molecular complexity index is 2710. The first-order valence-electron chi connectivity index (χ1n) is 20.3. The van der Waals surface area contributed by atoms with Crippen molar-refractivity contribution >= 4 is 66.6 Å². The lowest BCUT2D eigenvalue weighted by atomic mass is 9.94. The second kappa shape index (κ2) is 16.2. The van der Waals surface area contributed by atoms with E-state index in [4.69, 9.17) is 0 Å². The van der Waals surface area contributed by atoms with Crippen molar-refractivity contribution in [1.29, 1.82) is 0 Å². The quantitative estimate of drug-likeness (QED) is 0.184. The van der Waals surface area contributed by atoms with Gasteiger partial charge in [-0.1, -0.05) is 129 Å². The lowest BCUT2D eigenvalue weighted by Gasteiger charge is -2.33. The molecule has 2 aromatic heterocycles. The summed E-state index contributed by atoms with van der Waals surface area (Å²) in [4.78, 5) is 2.43. The summed E-state index contributed by atoms with van der Waals surface area (Å²) in [6.45, 7) is 6.30. The van der Waals surface area contributed by atoms with Crippen molar-refractivity contribution in [3.8, 4) is 5.69 Å². The minimum Gasteiger partial charge on any atom is -0.386 e. The molecule has 0 spiro atoms. The Morgan fingerprint density at radius 2 is 1.25 bits per heavy atom. The molecule has 4 nitrogen and oxygen atoms in total. The highest BCUT2D eigenvalue weighted by molar-refractivity contribution is 6.32. The van der Waals surface area contributed by atoms with Gasteiger partial charge in [0.25, 0.3) is 0 Å². The van der Waals surface area contributed by atoms with E-state index in [0.29, 0.717) is 0 Å². The molecule has 2 heterocycles. The van der Waals surface area contributed by atoms with Crippen molar-refractivity contribution in [3.63, 3.8) is 0 Å². The number of allylic oxidation sites excluding steroid dienone is 5. The molecule has 1 unspecified atom stereocenters. The summed E-state index contributed by atoms with van der Waals surface area (Å²) in [7, 11) is 4.24. The predicted molar refractivity (Wildman–Crippen MR) is 244 cm³/mol. The summed E-state index contributed by atoms with van der Waals surface area (Å²) in [5.74, 6) is 0. The first-order chi connectivity index (χ1) is 27.7. The Morgan fingerprint density at radius 1 is 0.625 bits per heavy atom. The van der Waals surface area contributed by atoms with Gasteiger partial charge in [-0.2, -0.15) is 0 Å². The van der Waals surface area contributed by atoms with Gasteiger partial charge >= 0.3 is 0 Å². The lowest BCUT2D eigenvalue weighted by Crippen LogP contribution is -2.22. The number of hydrogen-bond donors (Lipinski definition) is 1. The highest BCUT2D eigenvalue weighted by Gasteiger charge is 2.26. The van der Waals surface area contributed by atoms with E-state index in [9.17, 15) is 0 Å². The summed E-state index contributed by atoms with van der Waals surface area (Å²) in [6, 6.07) is 46.5. The first kappa shape index (κ1) is 36.7. The van der Waals surface area contributed by atoms with E-state index in [2.05, 4.69) is 197 Å². The van der Waals surface area contributed by atoms with Crippen LogP contribution in [0.1, 0.15) is 62.9 Å². The van der Waals surface area contributed by atoms with E-state index >= 15 is 0 Å². The average molecular weight is 733 g/mol. The van der Waals surface area contributed by atoms with Gasteiger partial charge in [-0.3, -0.25) is 0 Å². The maximum Gasteiger partial charge on any atom is 0.0791 e. The van der Waals surface area contributed by atoms with Gasteiger partial charge in [0.05, 0.1) is 34.0 Å². The number of aryl methyl sites for hydroxylation is 2. The van der Waals surface area contributed by atoms with E-state index < -0.39 is 0 Å². The summed E-state index contributed by atoms with van der Waals surface area (Å²) in [5, 5.41) is 10.1. The van der Waals surface area contributed by atoms with Crippen LogP contribution in [-0.4, -0.2) is 16.2 Å². The Morgan fingerprint density at radius 3 is 1.93 bits per heavy atom. The number of fused-ring (bicyclic) bond motifs is 10. The van der Waals surface area contributed by atoms with Gasteiger partial charge in [0.1, 0.15) is 0 Å². The molecule has 2 aliphatic carbocycles. The SMILES string of the molecule is C1=CCCC=C1.CC.CNc1ccccc1N(c1ccccc1)C(C)c1ccc(-n2c3ccccc3c3c4ccccc4c4c5c(n(C)c4c32)C=CCC5)cc1. The Kier molecular flexibility index (Phi) is 10.6. The molecule has 1 atom stereocenters. The molecule has 0 saturated carbocycles. The molecule has 8 aromatic rings. The molecule has 56 heavy (non-hydrogen) atoms. The normalized spacial score (nSPS) is 13.6. The molecule has 2 aliphatic rings. The minimum atomic E-state index is 0.0936. The van der Waals surface area contributed by atoms with Crippen LogP contribution in [0.4, 0.5) is 17.1 Å². The number of nitrogens with zero attached hydrogens (tertiary/aromatic N) is 3. The van der Waals surface area contributed by atoms with Crippen LogP contribution in [0, 0.1) is 0 Å². The lowest BCUT2D eigenvalue weighted by molar-refractivity contribution is 0.774. The largest absolute Gasteiger partial charge is 0.386 e. The van der Waals surface area contributed by atoms with Crippen LogP contribution in [0.3, 0.4) is 0 Å². The zero-order chi connectivity index (χ0) is 38.6. The van der Waals surface area contributed by atoms with E-state index in [1.807, 2.05) is 20.9 Å². The van der Waals surface area contributed by atoms with E-state index in [1.165, 1.54) is 78.8 Å². The molecular formula is C52H52N4. The summed E-state index contributed by atoms with van der Waals surface area (Å²) in [6.07, 6.45) is 17.8. The third-order valence-corrected chi connectivity index (χ3v) is 11.3. The van der Waals surface area contributed by atoms with Gasteiger partial charge < -0.3 is 19.4 Å². The van der Waals surface area contributed by atoms with Crippen molar-refractivity contribution in [2.45, 2.75) is 52.5 Å². The number of hydrogen-bond acceptors (Lipinski definition) is 2. The van der Waals surface area contributed by atoms with Crippen LogP contribution >= 0.6 is 0 Å². The molecule has 1 N–H and O–H groups in total. The number of rotatable bonds is 6. The third kappa shape index (κ3) is 6.39. The maximum atomic E-state index is 3.41. The molecule has 4 heteroatoms. The van der Waals surface area contributed by atoms with Gasteiger partial charge in [0, 0.05) is 47.3 Å². The Hall–Kier alpha value is -6.26. The predicted octanol–water partition coefficient (Wildman–Crippen LogP) is 14.2. The minimum absolute atomic E-state index is 0.0936. The van der Waals surface area contributed by atoms with Gasteiger partial charge in [-0.15, -0.1) is 0 Å². The second-order valence-electron chi connectivity index (χ2n) is 14.4. The van der Waals surface area contributed by atoms with Crippen molar-refractivity contribution in [2.24, 2.45) is 7.05 Å². The van der Waals surface area contributed by atoms with Gasteiger partial charge in [-0.25, -0.2) is 0 Å². The summed E-state index contributed by atoms with van der Waals surface area (Å²) < 4.78 is 4.95. The number of para-hydroxylation sites is 4. The molecule has 280 valence electrons. The van der Waals surface area contributed by atoms with Crippen LogP contribution in [-0.2, 0) is 13.5 Å². The average Bonchev–Trinajstić information content (AvgIpc) is 3.78. The zero-order valence-corrected chi connectivity index (χ0v) is 33.3. The van der Waals surface area contributed by atoms with Crippen molar-refractivity contribution in [1.82, 2.24) is 9.13 Å². The molecule has 0 amide bonds. The Labute approximate surface area is 331 Å². The number of benzene rings is 6. The highest BCUT2D eigenvalue weighted by Crippen LogP contribution is 2.46. The number of anilines is 3. The zero-order valence-electron chi connectivity index (χ0n) is 33.3. The molecule has 0 bridgehead atoms. The fraction of sp³-hybridized carbons (Fsp3) is 0.192. The molecule has 6 aromatic carbocycles. The molecular weight excluding hydrogens is 681 g/mol. The Balaban J connectivity index is 0.000000500. The molecule has 10 rings (SSSR count). The standard InChI is InChI=1S/C44H38N4.C6H8.C2H6/c1-29(47(31-15-5-4-6-16-31)40-24-14-11-21-37(40)45-2)30-25-27-32(28-26-30)48-39-23-13-10-20-36(39)42-34-18-8-7-17-33(34)41-35-19-9-12-22-38(35)46(3)43(41)44(42)48;1-2-4-6-5-3-1;1-2/h4-8,10-18,20-29,45H,9,19H2,1-3H3;1-4H,5-6H2;1-2H3. The highest BCUT2D eigenvalue weighted by atomic mass is 15.2. The van der Waals surface area contributed by atoms with Crippen molar-refractivity contribution in [3.05, 3.63) is 175 Å². The fourth-order valence-corrected chi connectivity index (χ4v) is 8.79. The van der Waals surface area contributed by atoms with E-state index in [1.54, 1.807) is 0 Å². The third-order valence-electron chi connectivity index (χ3n) is 11.3. The van der Waals surface area contributed by atoms with Crippen molar-refractivity contribution in [2.75, 3.05) is 17.3 Å². The van der Waals surface area contributed by atoms with E-state index in [0.717, 1.165) is 29.9 Å². The summed E-state index contributed by atoms with van der Waals surface area (Å²) >= 11 is 0. The number of nitrogens with one attached hydrogen (secondary N) is 1. The summed E-state index contributed by atoms with van der Waals surface area (Å²) in [5.41, 5.74) is 12.5. The monoisotopic (exact) mass is 732 g/mol. The smallest absolute Gasteiger partial charge is 0.0791 e. The van der Waals surface area contributed by atoms with Crippen LogP contribution in [0.5, 0.6) is 0 Å². The topological polar surface area (TPSA) is 25.1 Å².